The van der Waals surface area contributed by atoms with Crippen molar-refractivity contribution in [2.45, 2.75) is 10.4 Å². The van der Waals surface area contributed by atoms with Crippen molar-refractivity contribution in [3.63, 3.8) is 0 Å². The van der Waals surface area contributed by atoms with E-state index in [1.807, 2.05) is 0 Å². The Morgan fingerprint density at radius 3 is 2.77 bits per heavy atom. The van der Waals surface area contributed by atoms with Crippen LogP contribution in [-0.2, 0) is 21.7 Å². The third kappa shape index (κ3) is 3.57. The summed E-state index contributed by atoms with van der Waals surface area (Å²) in [6.07, 6.45) is -1.67. The number of nitrogens with zero attached hydrogens (tertiary/aromatic N) is 2. The van der Waals surface area contributed by atoms with Gasteiger partial charge in [0.1, 0.15) is 9.04 Å². The lowest BCUT2D eigenvalue weighted by molar-refractivity contribution is -0.136. The maximum absolute atomic E-state index is 13.6. The van der Waals surface area contributed by atoms with Crippen molar-refractivity contribution in [1.82, 2.24) is 9.97 Å². The molecular weight excluding hydrogens is 387 g/mol. The lowest BCUT2D eigenvalue weighted by Gasteiger charge is -2.11. The van der Waals surface area contributed by atoms with Gasteiger partial charge in [0, 0.05) is 30.5 Å². The number of thiophene rings is 1. The molecule has 0 aliphatic carbocycles. The number of methoxy groups -OCH3 is 1. The average molecular weight is 401 g/mol. The third-order valence-electron chi connectivity index (χ3n) is 3.61. The second kappa shape index (κ2) is 7.29. The number of pyridine rings is 2. The van der Waals surface area contributed by atoms with Crippen molar-refractivity contribution < 1.29 is 22.1 Å². The van der Waals surface area contributed by atoms with Crippen LogP contribution in [0.5, 0.6) is 0 Å². The van der Waals surface area contributed by atoms with Crippen molar-refractivity contribution >= 4 is 38.0 Å². The van der Waals surface area contributed by atoms with Crippen LogP contribution in [0.4, 0.5) is 18.9 Å². The SMILES string of the molecule is COCCS(=O)c1sc2nc(-c3cccnc3)cc(C(F)(F)F)c2c1N. The van der Waals surface area contributed by atoms with E-state index in [1.54, 1.807) is 12.1 Å². The minimum atomic E-state index is -4.63. The number of nitrogens with two attached hydrogens (primary N) is 1. The first kappa shape index (κ1) is 18.7. The molecule has 3 aromatic rings. The number of anilines is 1. The predicted octanol–water partition coefficient (Wildman–Crippen LogP) is 3.71. The van der Waals surface area contributed by atoms with Gasteiger partial charge in [-0.1, -0.05) is 0 Å². The first-order valence-corrected chi connectivity index (χ1v) is 9.54. The molecule has 26 heavy (non-hydrogen) atoms. The van der Waals surface area contributed by atoms with Crippen LogP contribution in [0.15, 0.2) is 34.8 Å². The van der Waals surface area contributed by atoms with Gasteiger partial charge in [0.2, 0.25) is 0 Å². The van der Waals surface area contributed by atoms with Gasteiger partial charge in [0.15, 0.2) is 0 Å². The summed E-state index contributed by atoms with van der Waals surface area (Å²) in [5.74, 6) is 0.143. The Hall–Kier alpha value is -2.04. The molecule has 0 spiro atoms. The smallest absolute Gasteiger partial charge is 0.396 e. The molecule has 2 N–H and O–H groups in total. The molecule has 0 aliphatic rings. The summed E-state index contributed by atoms with van der Waals surface area (Å²) in [5, 5.41) is -0.212. The van der Waals surface area contributed by atoms with Gasteiger partial charge in [-0.05, 0) is 18.2 Å². The Kier molecular flexibility index (Phi) is 5.26. The monoisotopic (exact) mass is 401 g/mol. The standard InChI is InChI=1S/C16H14F3N3O2S2/c1-24-5-6-26(23)15-13(20)12-10(16(17,18)19)7-11(22-14(12)25-15)9-3-2-4-21-8-9/h2-4,7-8H,5-6,20H2,1H3. The highest BCUT2D eigenvalue weighted by molar-refractivity contribution is 7.87. The van der Waals surface area contributed by atoms with E-state index in [0.717, 1.165) is 17.4 Å². The van der Waals surface area contributed by atoms with Crippen molar-refractivity contribution in [1.29, 1.82) is 0 Å². The van der Waals surface area contributed by atoms with Gasteiger partial charge in [-0.25, -0.2) is 4.98 Å². The highest BCUT2D eigenvalue weighted by Gasteiger charge is 2.36. The Morgan fingerprint density at radius 1 is 1.38 bits per heavy atom. The lowest BCUT2D eigenvalue weighted by atomic mass is 10.1. The van der Waals surface area contributed by atoms with E-state index in [1.165, 1.54) is 19.5 Å². The molecule has 3 aromatic heterocycles. The lowest BCUT2D eigenvalue weighted by Crippen LogP contribution is -2.08. The number of rotatable bonds is 5. The molecule has 0 bridgehead atoms. The topological polar surface area (TPSA) is 78.1 Å². The van der Waals surface area contributed by atoms with Gasteiger partial charge in [-0.3, -0.25) is 9.19 Å². The van der Waals surface area contributed by atoms with Crippen LogP contribution in [0.3, 0.4) is 0 Å². The zero-order valence-corrected chi connectivity index (χ0v) is 15.2. The van der Waals surface area contributed by atoms with Crippen molar-refractivity contribution in [2.24, 2.45) is 0 Å². The van der Waals surface area contributed by atoms with E-state index in [2.05, 4.69) is 9.97 Å². The number of aromatic nitrogens is 2. The quantitative estimate of drug-likeness (QED) is 0.705. The van der Waals surface area contributed by atoms with E-state index in [-0.39, 0.29) is 38.2 Å². The van der Waals surface area contributed by atoms with E-state index in [0.29, 0.717) is 5.56 Å². The molecule has 0 fully saturated rings. The maximum atomic E-state index is 13.6. The van der Waals surface area contributed by atoms with E-state index in [9.17, 15) is 17.4 Å². The number of hydrogen-bond donors (Lipinski definition) is 1. The Bertz CT molecular complexity index is 959. The Labute approximate surface area is 153 Å². The van der Waals surface area contributed by atoms with Gasteiger partial charge in [-0.2, -0.15) is 13.2 Å². The van der Waals surface area contributed by atoms with Crippen LogP contribution in [0.25, 0.3) is 21.5 Å². The maximum Gasteiger partial charge on any atom is 0.417 e. The van der Waals surface area contributed by atoms with Gasteiger partial charge in [-0.15, -0.1) is 11.3 Å². The fourth-order valence-electron chi connectivity index (χ4n) is 2.41. The van der Waals surface area contributed by atoms with Crippen LogP contribution in [0.2, 0.25) is 0 Å². The zero-order chi connectivity index (χ0) is 18.9. The Morgan fingerprint density at radius 2 is 2.15 bits per heavy atom. The summed E-state index contributed by atoms with van der Waals surface area (Å²) in [7, 11) is -0.112. The second-order valence-electron chi connectivity index (χ2n) is 5.32. The molecule has 3 rings (SSSR count). The number of alkyl halides is 3. The summed E-state index contributed by atoms with van der Waals surface area (Å²) < 4.78 is 58.3. The number of ether oxygens (including phenoxy) is 1. The van der Waals surface area contributed by atoms with Crippen LogP contribution < -0.4 is 5.73 Å². The number of halogens is 3. The summed E-state index contributed by atoms with van der Waals surface area (Å²) in [6.45, 7) is 0.209. The van der Waals surface area contributed by atoms with E-state index < -0.39 is 22.5 Å². The molecule has 1 atom stereocenters. The van der Waals surface area contributed by atoms with Crippen LogP contribution >= 0.6 is 11.3 Å². The second-order valence-corrected chi connectivity index (χ2v) is 8.09. The largest absolute Gasteiger partial charge is 0.417 e. The molecule has 0 amide bonds. The molecule has 10 heteroatoms. The first-order chi connectivity index (χ1) is 12.3. The molecule has 0 saturated heterocycles. The molecule has 1 unspecified atom stereocenters. The number of nitrogen functional groups attached to an aromatic ring is 1. The van der Waals surface area contributed by atoms with Crippen LogP contribution in [-0.4, -0.2) is 33.6 Å². The van der Waals surface area contributed by atoms with Crippen molar-refractivity contribution in [3.8, 4) is 11.3 Å². The molecule has 0 aromatic carbocycles. The van der Waals surface area contributed by atoms with E-state index >= 15 is 0 Å². The molecule has 0 aliphatic heterocycles. The highest BCUT2D eigenvalue weighted by atomic mass is 32.2. The zero-order valence-electron chi connectivity index (χ0n) is 13.5. The summed E-state index contributed by atoms with van der Waals surface area (Å²) in [6, 6.07) is 4.18. The van der Waals surface area contributed by atoms with Gasteiger partial charge in [0.25, 0.3) is 0 Å². The molecule has 3 heterocycles. The predicted molar refractivity (Wildman–Crippen MR) is 95.4 cm³/mol. The summed E-state index contributed by atoms with van der Waals surface area (Å²) in [5.41, 5.74) is 5.47. The number of hydrogen-bond acceptors (Lipinski definition) is 6. The molecule has 5 nitrogen and oxygen atoms in total. The van der Waals surface area contributed by atoms with Crippen LogP contribution in [0.1, 0.15) is 5.56 Å². The molecular formula is C16H14F3N3O2S2. The minimum Gasteiger partial charge on any atom is -0.396 e. The minimum absolute atomic E-state index is 0.0944. The summed E-state index contributed by atoms with van der Waals surface area (Å²) in [4.78, 5) is 8.30. The third-order valence-corrected chi connectivity index (χ3v) is 6.48. The average Bonchev–Trinajstić information content (AvgIpc) is 2.95. The fraction of sp³-hybridized carbons (Fsp3) is 0.250. The fourth-order valence-corrected chi connectivity index (χ4v) is 4.97. The van der Waals surface area contributed by atoms with Gasteiger partial charge in [0.05, 0.1) is 40.1 Å². The van der Waals surface area contributed by atoms with Crippen molar-refractivity contribution in [2.75, 3.05) is 25.2 Å². The van der Waals surface area contributed by atoms with Crippen LogP contribution in [0, 0.1) is 0 Å². The van der Waals surface area contributed by atoms with Gasteiger partial charge < -0.3 is 10.5 Å². The molecule has 0 radical (unpaired) electrons. The van der Waals surface area contributed by atoms with E-state index in [4.69, 9.17) is 10.5 Å². The molecule has 0 saturated carbocycles. The summed E-state index contributed by atoms with van der Waals surface area (Å²) >= 11 is 0.909. The van der Waals surface area contributed by atoms with Crippen molar-refractivity contribution in [3.05, 3.63) is 36.2 Å². The van der Waals surface area contributed by atoms with Gasteiger partial charge >= 0.3 is 6.18 Å². The first-order valence-electron chi connectivity index (χ1n) is 7.41. The normalized spacial score (nSPS) is 13.2. The Balaban J connectivity index is 2.23. The molecule has 138 valence electrons. The number of fused-ring (bicyclic) bond motifs is 1. The highest BCUT2D eigenvalue weighted by Crippen LogP contribution is 2.44.